The van der Waals surface area contributed by atoms with Crippen molar-refractivity contribution in [2.45, 2.75) is 51.4 Å². The molecule has 0 spiro atoms. The number of allylic oxidation sites excluding steroid dienone is 1. The Balaban J connectivity index is 2.95. The van der Waals surface area contributed by atoms with Gasteiger partial charge in [0, 0.05) is 0 Å². The van der Waals surface area contributed by atoms with Crippen LogP contribution in [0.4, 0.5) is 26.3 Å². The second kappa shape index (κ2) is 8.25. The smallest absolute Gasteiger partial charge is 0.166 e. The first-order valence-electron chi connectivity index (χ1n) is 7.35. The second-order valence-electron chi connectivity index (χ2n) is 5.20. The predicted molar refractivity (Wildman–Crippen MR) is 77.8 cm³/mol. The molecule has 0 nitrogen and oxygen atoms in total. The lowest BCUT2D eigenvalue weighted by Gasteiger charge is -2.12. The van der Waals surface area contributed by atoms with Gasteiger partial charge in [-0.05, 0) is 48.8 Å². The van der Waals surface area contributed by atoms with Crippen molar-refractivity contribution < 1.29 is 26.3 Å². The van der Waals surface area contributed by atoms with Crippen molar-refractivity contribution in [2.24, 2.45) is 0 Å². The van der Waals surface area contributed by atoms with E-state index in [1.165, 1.54) is 0 Å². The minimum Gasteiger partial charge on any atom is -0.166 e. The standard InChI is InChI=1S/C17H18F6/c1-2-3-4-5-6-7-8-9-13-10-14(16(18,19)20)12-15(11-13)17(21,22)23/h7,9-12H,2-6H2,1H3. The van der Waals surface area contributed by atoms with Crippen LogP contribution in [0.3, 0.4) is 0 Å². The number of halogens is 6. The van der Waals surface area contributed by atoms with Crippen molar-refractivity contribution in [1.29, 1.82) is 0 Å². The molecule has 0 aliphatic carbocycles. The van der Waals surface area contributed by atoms with Crippen LogP contribution < -0.4 is 0 Å². The van der Waals surface area contributed by atoms with Gasteiger partial charge in [-0.15, -0.1) is 5.73 Å². The fraction of sp³-hybridized carbons (Fsp3) is 0.471. The minimum atomic E-state index is -4.83. The summed E-state index contributed by atoms with van der Waals surface area (Å²) in [5, 5.41) is 0. The Hall–Kier alpha value is -1.68. The molecule has 0 unspecified atom stereocenters. The lowest BCUT2D eigenvalue weighted by molar-refractivity contribution is -0.143. The van der Waals surface area contributed by atoms with E-state index in [-0.39, 0.29) is 11.6 Å². The number of benzene rings is 1. The zero-order valence-corrected chi connectivity index (χ0v) is 12.7. The normalized spacial score (nSPS) is 12.0. The average Bonchev–Trinajstić information content (AvgIpc) is 2.44. The first-order valence-corrected chi connectivity index (χ1v) is 7.35. The predicted octanol–water partition coefficient (Wildman–Crippen LogP) is 6.86. The van der Waals surface area contributed by atoms with E-state index in [0.717, 1.165) is 31.8 Å². The van der Waals surface area contributed by atoms with E-state index in [4.69, 9.17) is 0 Å². The maximum Gasteiger partial charge on any atom is 0.416 e. The number of hydrogen-bond acceptors (Lipinski definition) is 0. The van der Waals surface area contributed by atoms with E-state index in [2.05, 4.69) is 12.7 Å². The third-order valence-electron chi connectivity index (χ3n) is 3.18. The maximum atomic E-state index is 12.7. The third-order valence-corrected chi connectivity index (χ3v) is 3.18. The summed E-state index contributed by atoms with van der Waals surface area (Å²) >= 11 is 0. The SMILES string of the molecule is CCCCCCC=C=Cc1cc(C(F)(F)F)cc(C(F)(F)F)c1. The van der Waals surface area contributed by atoms with E-state index in [1.807, 2.05) is 0 Å². The minimum absolute atomic E-state index is 0.117. The Bertz CT molecular complexity index is 527. The van der Waals surface area contributed by atoms with Gasteiger partial charge in [0.25, 0.3) is 0 Å². The van der Waals surface area contributed by atoms with Crippen molar-refractivity contribution >= 4 is 6.08 Å². The van der Waals surface area contributed by atoms with Gasteiger partial charge in [-0.1, -0.05) is 26.2 Å². The molecule has 0 bridgehead atoms. The van der Waals surface area contributed by atoms with Crippen molar-refractivity contribution in [3.05, 3.63) is 46.7 Å². The number of hydrogen-bond donors (Lipinski definition) is 0. The Kier molecular flexibility index (Phi) is 6.95. The van der Waals surface area contributed by atoms with Crippen molar-refractivity contribution in [3.8, 4) is 0 Å². The van der Waals surface area contributed by atoms with Gasteiger partial charge in [0.05, 0.1) is 11.1 Å². The molecule has 1 aromatic rings. The van der Waals surface area contributed by atoms with Crippen LogP contribution in [0.5, 0.6) is 0 Å². The molecule has 6 heteroatoms. The van der Waals surface area contributed by atoms with Gasteiger partial charge < -0.3 is 0 Å². The molecule has 0 saturated carbocycles. The Morgan fingerprint density at radius 2 is 1.43 bits per heavy atom. The van der Waals surface area contributed by atoms with Crippen LogP contribution in [-0.4, -0.2) is 0 Å². The largest absolute Gasteiger partial charge is 0.416 e. The number of alkyl halides is 6. The van der Waals surface area contributed by atoms with E-state index < -0.39 is 23.5 Å². The van der Waals surface area contributed by atoms with Crippen LogP contribution in [0, 0.1) is 0 Å². The lowest BCUT2D eigenvalue weighted by Crippen LogP contribution is -2.11. The van der Waals surface area contributed by atoms with Crippen LogP contribution in [0.25, 0.3) is 6.08 Å². The topological polar surface area (TPSA) is 0 Å². The summed E-state index contributed by atoms with van der Waals surface area (Å²) < 4.78 is 76.1. The fourth-order valence-electron chi connectivity index (χ4n) is 1.97. The van der Waals surface area contributed by atoms with Crippen molar-refractivity contribution in [1.82, 2.24) is 0 Å². The highest BCUT2D eigenvalue weighted by Crippen LogP contribution is 2.36. The molecule has 0 aromatic heterocycles. The molecule has 0 N–H and O–H groups in total. The molecule has 0 heterocycles. The monoisotopic (exact) mass is 336 g/mol. The molecule has 0 radical (unpaired) electrons. The molecule has 1 rings (SSSR count). The molecular formula is C17H18F6. The first-order chi connectivity index (χ1) is 10.6. The zero-order chi connectivity index (χ0) is 17.5. The van der Waals surface area contributed by atoms with E-state index in [0.29, 0.717) is 18.6 Å². The van der Waals surface area contributed by atoms with Crippen LogP contribution in [0.2, 0.25) is 0 Å². The Morgan fingerprint density at radius 3 is 1.91 bits per heavy atom. The van der Waals surface area contributed by atoms with Crippen LogP contribution >= 0.6 is 0 Å². The van der Waals surface area contributed by atoms with Crippen LogP contribution in [0.15, 0.2) is 30.0 Å². The summed E-state index contributed by atoms with van der Waals surface area (Å²) in [5.74, 6) is 0. The maximum absolute atomic E-state index is 12.7. The highest BCUT2D eigenvalue weighted by Gasteiger charge is 2.36. The summed E-state index contributed by atoms with van der Waals surface area (Å²) in [6.45, 7) is 2.07. The molecule has 0 fully saturated rings. The van der Waals surface area contributed by atoms with Crippen molar-refractivity contribution in [3.63, 3.8) is 0 Å². The molecular weight excluding hydrogens is 318 g/mol. The van der Waals surface area contributed by atoms with Gasteiger partial charge in [0.15, 0.2) is 0 Å². The molecule has 0 atom stereocenters. The third kappa shape index (κ3) is 6.95. The summed E-state index contributed by atoms with van der Waals surface area (Å²) in [6, 6.07) is 1.49. The quantitative estimate of drug-likeness (QED) is 0.302. The highest BCUT2D eigenvalue weighted by molar-refractivity contribution is 5.52. The van der Waals surface area contributed by atoms with Gasteiger partial charge >= 0.3 is 12.4 Å². The highest BCUT2D eigenvalue weighted by atomic mass is 19.4. The summed E-state index contributed by atoms with van der Waals surface area (Å²) in [4.78, 5) is 0. The van der Waals surface area contributed by atoms with Gasteiger partial charge in [-0.2, -0.15) is 26.3 Å². The van der Waals surface area contributed by atoms with Crippen molar-refractivity contribution in [2.75, 3.05) is 0 Å². The molecule has 0 aliphatic heterocycles. The molecule has 0 amide bonds. The van der Waals surface area contributed by atoms with Gasteiger partial charge in [0.2, 0.25) is 0 Å². The Labute approximate surface area is 131 Å². The van der Waals surface area contributed by atoms with E-state index >= 15 is 0 Å². The molecule has 23 heavy (non-hydrogen) atoms. The first kappa shape index (κ1) is 19.4. The lowest BCUT2D eigenvalue weighted by atomic mass is 10.0. The van der Waals surface area contributed by atoms with E-state index in [9.17, 15) is 26.3 Å². The summed E-state index contributed by atoms with van der Waals surface area (Å²) in [6.07, 6.45) is -2.04. The molecule has 0 saturated heterocycles. The summed E-state index contributed by atoms with van der Waals surface area (Å²) in [5.41, 5.74) is -0.151. The van der Waals surface area contributed by atoms with Crippen LogP contribution in [0.1, 0.15) is 55.7 Å². The second-order valence-corrected chi connectivity index (χ2v) is 5.20. The summed E-state index contributed by atoms with van der Waals surface area (Å²) in [7, 11) is 0. The average molecular weight is 336 g/mol. The number of unbranched alkanes of at least 4 members (excludes halogenated alkanes) is 4. The Morgan fingerprint density at radius 1 is 0.870 bits per heavy atom. The van der Waals surface area contributed by atoms with Gasteiger partial charge in [-0.25, -0.2) is 0 Å². The van der Waals surface area contributed by atoms with Gasteiger partial charge in [0.1, 0.15) is 0 Å². The number of rotatable bonds is 6. The molecule has 128 valence electrons. The van der Waals surface area contributed by atoms with Gasteiger partial charge in [-0.3, -0.25) is 0 Å². The van der Waals surface area contributed by atoms with Crippen LogP contribution in [-0.2, 0) is 12.4 Å². The molecule has 1 aromatic carbocycles. The molecule has 0 aliphatic rings. The zero-order valence-electron chi connectivity index (χ0n) is 12.7. The fourth-order valence-corrected chi connectivity index (χ4v) is 1.97. The van der Waals surface area contributed by atoms with E-state index in [1.54, 1.807) is 6.08 Å².